The number of hydrogen-bond donors (Lipinski definition) is 1. The molecular formula is C14H9ClN2O2S. The molecule has 0 radical (unpaired) electrons. The van der Waals surface area contributed by atoms with Crippen LogP contribution in [-0.4, -0.2) is 20.5 Å². The summed E-state index contributed by atoms with van der Waals surface area (Å²) in [6.07, 6.45) is 3.59. The van der Waals surface area contributed by atoms with Gasteiger partial charge in [-0.1, -0.05) is 29.4 Å². The fraction of sp³-hybridized carbons (Fsp3) is 0. The zero-order chi connectivity index (χ0) is 14.1. The molecule has 0 atom stereocenters. The fourth-order valence-electron chi connectivity index (χ4n) is 1.86. The molecule has 2 aromatic heterocycles. The summed E-state index contributed by atoms with van der Waals surface area (Å²) in [6, 6.07) is 10.8. The second-order valence-corrected chi connectivity index (χ2v) is 5.57. The number of carboxylic acids is 1. The standard InChI is InChI=1S/C14H9ClN2O2S/c15-11-5-4-9(8-10(11)14(18)19)20-13-3-1-2-12-16-6-7-17(12)13/h1-8H,(H,18,19). The summed E-state index contributed by atoms with van der Waals surface area (Å²) in [5.74, 6) is -1.03. The maximum atomic E-state index is 11.1. The molecule has 1 N–H and O–H groups in total. The Morgan fingerprint density at radius 1 is 1.30 bits per heavy atom. The number of imidazole rings is 1. The van der Waals surface area contributed by atoms with Crippen LogP contribution in [0.2, 0.25) is 5.02 Å². The Morgan fingerprint density at radius 3 is 2.95 bits per heavy atom. The van der Waals surface area contributed by atoms with Crippen molar-refractivity contribution < 1.29 is 9.90 Å². The predicted molar refractivity (Wildman–Crippen MR) is 77.7 cm³/mol. The van der Waals surface area contributed by atoms with Gasteiger partial charge in [0.1, 0.15) is 5.65 Å². The molecule has 0 unspecified atom stereocenters. The minimum absolute atomic E-state index is 0.106. The number of nitrogens with zero attached hydrogens (tertiary/aromatic N) is 2. The Bertz CT molecular complexity index is 801. The number of carbonyl (C=O) groups is 1. The highest BCUT2D eigenvalue weighted by molar-refractivity contribution is 7.99. The number of benzene rings is 1. The third kappa shape index (κ3) is 2.37. The van der Waals surface area contributed by atoms with E-state index in [1.165, 1.54) is 11.8 Å². The first kappa shape index (κ1) is 13.0. The van der Waals surface area contributed by atoms with E-state index in [2.05, 4.69) is 4.98 Å². The first-order valence-corrected chi connectivity index (χ1v) is 6.97. The van der Waals surface area contributed by atoms with E-state index >= 15 is 0 Å². The highest BCUT2D eigenvalue weighted by Crippen LogP contribution is 2.30. The topological polar surface area (TPSA) is 54.6 Å². The van der Waals surface area contributed by atoms with Crippen LogP contribution in [0.3, 0.4) is 0 Å². The normalized spacial score (nSPS) is 10.8. The van der Waals surface area contributed by atoms with Crippen LogP contribution in [0.25, 0.3) is 5.65 Å². The Labute approximate surface area is 124 Å². The largest absolute Gasteiger partial charge is 0.478 e. The van der Waals surface area contributed by atoms with Crippen molar-refractivity contribution in [1.29, 1.82) is 0 Å². The van der Waals surface area contributed by atoms with Crippen molar-refractivity contribution in [3.63, 3.8) is 0 Å². The summed E-state index contributed by atoms with van der Waals surface area (Å²) in [6.45, 7) is 0. The molecule has 0 aliphatic rings. The molecule has 0 fully saturated rings. The van der Waals surface area contributed by atoms with Gasteiger partial charge >= 0.3 is 5.97 Å². The lowest BCUT2D eigenvalue weighted by Gasteiger charge is -2.06. The van der Waals surface area contributed by atoms with E-state index in [4.69, 9.17) is 16.7 Å². The van der Waals surface area contributed by atoms with Gasteiger partial charge in [0.2, 0.25) is 0 Å². The van der Waals surface area contributed by atoms with Crippen LogP contribution >= 0.6 is 23.4 Å². The van der Waals surface area contributed by atoms with Crippen LogP contribution in [0, 0.1) is 0 Å². The van der Waals surface area contributed by atoms with Crippen molar-refractivity contribution in [1.82, 2.24) is 9.38 Å². The summed E-state index contributed by atoms with van der Waals surface area (Å²) < 4.78 is 1.94. The summed E-state index contributed by atoms with van der Waals surface area (Å²) in [5, 5.41) is 10.3. The smallest absolute Gasteiger partial charge is 0.337 e. The van der Waals surface area contributed by atoms with E-state index in [0.29, 0.717) is 0 Å². The lowest BCUT2D eigenvalue weighted by molar-refractivity contribution is 0.0697. The molecule has 0 saturated heterocycles. The van der Waals surface area contributed by atoms with Crippen molar-refractivity contribution >= 4 is 35.0 Å². The van der Waals surface area contributed by atoms with Crippen LogP contribution in [0.1, 0.15) is 10.4 Å². The van der Waals surface area contributed by atoms with Crippen molar-refractivity contribution in [3.8, 4) is 0 Å². The molecule has 0 aliphatic heterocycles. The number of aromatic carboxylic acids is 1. The van der Waals surface area contributed by atoms with Gasteiger partial charge in [0.25, 0.3) is 0 Å². The molecule has 6 heteroatoms. The number of rotatable bonds is 3. The van der Waals surface area contributed by atoms with Crippen LogP contribution < -0.4 is 0 Å². The number of pyridine rings is 1. The minimum Gasteiger partial charge on any atom is -0.478 e. The van der Waals surface area contributed by atoms with E-state index < -0.39 is 5.97 Å². The van der Waals surface area contributed by atoms with Crippen molar-refractivity contribution in [2.24, 2.45) is 0 Å². The Kier molecular flexibility index (Phi) is 3.38. The van der Waals surface area contributed by atoms with Gasteiger partial charge in [0.15, 0.2) is 0 Å². The summed E-state index contributed by atoms with van der Waals surface area (Å²) in [7, 11) is 0. The molecule has 100 valence electrons. The number of carboxylic acid groups (broad SMARTS) is 1. The second kappa shape index (κ2) is 5.19. The van der Waals surface area contributed by atoms with Gasteiger partial charge in [-0.05, 0) is 30.3 Å². The van der Waals surface area contributed by atoms with E-state index in [9.17, 15) is 4.79 Å². The third-order valence-corrected chi connectivity index (χ3v) is 4.14. The molecule has 0 amide bonds. The Hall–Kier alpha value is -1.98. The van der Waals surface area contributed by atoms with Crippen molar-refractivity contribution in [2.45, 2.75) is 9.92 Å². The second-order valence-electron chi connectivity index (χ2n) is 4.07. The minimum atomic E-state index is -1.03. The first-order valence-electron chi connectivity index (χ1n) is 5.78. The zero-order valence-electron chi connectivity index (χ0n) is 10.2. The lowest BCUT2D eigenvalue weighted by Crippen LogP contribution is -1.97. The van der Waals surface area contributed by atoms with Crippen LogP contribution in [0.5, 0.6) is 0 Å². The molecule has 20 heavy (non-hydrogen) atoms. The highest BCUT2D eigenvalue weighted by Gasteiger charge is 2.11. The van der Waals surface area contributed by atoms with Crippen LogP contribution in [0.4, 0.5) is 0 Å². The van der Waals surface area contributed by atoms with E-state index in [1.807, 2.05) is 28.8 Å². The number of fused-ring (bicyclic) bond motifs is 1. The summed E-state index contributed by atoms with van der Waals surface area (Å²) in [4.78, 5) is 16.1. The molecule has 0 bridgehead atoms. The number of hydrogen-bond acceptors (Lipinski definition) is 3. The van der Waals surface area contributed by atoms with Gasteiger partial charge in [-0.15, -0.1) is 0 Å². The Balaban J connectivity index is 2.01. The maximum Gasteiger partial charge on any atom is 0.337 e. The van der Waals surface area contributed by atoms with E-state index in [-0.39, 0.29) is 10.6 Å². The number of aromatic nitrogens is 2. The maximum absolute atomic E-state index is 11.1. The molecule has 2 heterocycles. The molecular weight excluding hydrogens is 296 g/mol. The third-order valence-electron chi connectivity index (χ3n) is 2.78. The van der Waals surface area contributed by atoms with Gasteiger partial charge in [-0.3, -0.25) is 4.40 Å². The molecule has 4 nitrogen and oxygen atoms in total. The summed E-state index contributed by atoms with van der Waals surface area (Å²) >= 11 is 7.33. The lowest BCUT2D eigenvalue weighted by atomic mass is 10.2. The van der Waals surface area contributed by atoms with Gasteiger partial charge in [0, 0.05) is 17.3 Å². The summed E-state index contributed by atoms with van der Waals surface area (Å²) in [5.41, 5.74) is 0.955. The Morgan fingerprint density at radius 2 is 2.15 bits per heavy atom. The van der Waals surface area contributed by atoms with Crippen molar-refractivity contribution in [2.75, 3.05) is 0 Å². The molecule has 0 aliphatic carbocycles. The van der Waals surface area contributed by atoms with Gasteiger partial charge < -0.3 is 5.11 Å². The monoisotopic (exact) mass is 304 g/mol. The molecule has 3 aromatic rings. The van der Waals surface area contributed by atoms with Gasteiger partial charge in [-0.25, -0.2) is 9.78 Å². The fourth-order valence-corrected chi connectivity index (χ4v) is 3.01. The average molecular weight is 305 g/mol. The SMILES string of the molecule is O=C(O)c1cc(Sc2cccc3nccn23)ccc1Cl. The van der Waals surface area contributed by atoms with Gasteiger partial charge in [0.05, 0.1) is 15.6 Å². The predicted octanol–water partition coefficient (Wildman–Crippen LogP) is 3.84. The van der Waals surface area contributed by atoms with Gasteiger partial charge in [-0.2, -0.15) is 0 Å². The quantitative estimate of drug-likeness (QED) is 0.799. The highest BCUT2D eigenvalue weighted by atomic mass is 35.5. The molecule has 0 saturated carbocycles. The van der Waals surface area contributed by atoms with Crippen molar-refractivity contribution in [3.05, 3.63) is 59.4 Å². The molecule has 1 aromatic carbocycles. The van der Waals surface area contributed by atoms with Crippen LogP contribution in [0.15, 0.2) is 58.7 Å². The van der Waals surface area contributed by atoms with Crippen LogP contribution in [-0.2, 0) is 0 Å². The molecule has 0 spiro atoms. The molecule has 3 rings (SSSR count). The van der Waals surface area contributed by atoms with E-state index in [0.717, 1.165) is 15.6 Å². The average Bonchev–Trinajstić information content (AvgIpc) is 2.90. The van der Waals surface area contributed by atoms with E-state index in [1.54, 1.807) is 24.4 Å². The first-order chi connectivity index (χ1) is 9.65. The zero-order valence-corrected chi connectivity index (χ0v) is 11.7. The number of halogens is 1.